The van der Waals surface area contributed by atoms with Crippen molar-refractivity contribution >= 4 is 28.4 Å². The molecule has 30 heavy (non-hydrogen) atoms. The standard InChI is InChI=1S/C23H18ClN3O3/c24-16-7-8-18-15(11-16)6-9-19(18)27-22(28)23-26-17(13-30-23)12-29-20-5-1-3-14-4-2-10-25-21(14)20/h1-5,7-8,10-11,13,19H,6,9,12H2,(H,27,28). The minimum absolute atomic E-state index is 0.0204. The molecule has 0 fully saturated rings. The van der Waals surface area contributed by atoms with E-state index in [2.05, 4.69) is 15.3 Å². The van der Waals surface area contributed by atoms with Gasteiger partial charge in [-0.1, -0.05) is 35.9 Å². The molecule has 2 aromatic carbocycles. The largest absolute Gasteiger partial charge is 0.485 e. The number of hydrogen-bond acceptors (Lipinski definition) is 5. The minimum atomic E-state index is -0.346. The number of oxazole rings is 1. The second-order valence-corrected chi connectivity index (χ2v) is 7.61. The van der Waals surface area contributed by atoms with Gasteiger partial charge in [0.25, 0.3) is 5.89 Å². The number of carbonyl (C=O) groups is 1. The van der Waals surface area contributed by atoms with Crippen LogP contribution in [0.25, 0.3) is 10.9 Å². The van der Waals surface area contributed by atoms with Crippen molar-refractivity contribution in [1.29, 1.82) is 0 Å². The van der Waals surface area contributed by atoms with Crippen LogP contribution < -0.4 is 10.1 Å². The number of pyridine rings is 1. The van der Waals surface area contributed by atoms with Crippen LogP contribution >= 0.6 is 11.6 Å². The molecule has 2 aromatic heterocycles. The number of rotatable bonds is 5. The zero-order valence-corrected chi connectivity index (χ0v) is 16.7. The van der Waals surface area contributed by atoms with Gasteiger partial charge in [0.15, 0.2) is 0 Å². The van der Waals surface area contributed by atoms with Crippen molar-refractivity contribution in [3.8, 4) is 5.75 Å². The minimum Gasteiger partial charge on any atom is -0.485 e. The van der Waals surface area contributed by atoms with Gasteiger partial charge in [-0.2, -0.15) is 0 Å². The molecule has 0 bridgehead atoms. The van der Waals surface area contributed by atoms with Crippen molar-refractivity contribution in [2.24, 2.45) is 0 Å². The first kappa shape index (κ1) is 18.6. The van der Waals surface area contributed by atoms with E-state index < -0.39 is 0 Å². The number of carbonyl (C=O) groups excluding carboxylic acids is 1. The summed E-state index contributed by atoms with van der Waals surface area (Å²) in [5.74, 6) is 0.330. The average molecular weight is 420 g/mol. The molecule has 0 radical (unpaired) electrons. The van der Waals surface area contributed by atoms with Crippen molar-refractivity contribution in [3.05, 3.63) is 88.7 Å². The Bertz CT molecular complexity index is 1230. The topological polar surface area (TPSA) is 77.2 Å². The van der Waals surface area contributed by atoms with Gasteiger partial charge in [0.05, 0.1) is 6.04 Å². The number of halogens is 1. The normalized spacial score (nSPS) is 15.2. The van der Waals surface area contributed by atoms with E-state index in [1.54, 1.807) is 6.20 Å². The second-order valence-electron chi connectivity index (χ2n) is 7.17. The lowest BCUT2D eigenvalue weighted by Crippen LogP contribution is -2.27. The van der Waals surface area contributed by atoms with Gasteiger partial charge >= 0.3 is 5.91 Å². The van der Waals surface area contributed by atoms with Crippen LogP contribution in [0.2, 0.25) is 5.02 Å². The van der Waals surface area contributed by atoms with Gasteiger partial charge in [0.1, 0.15) is 29.8 Å². The quantitative estimate of drug-likeness (QED) is 0.499. The van der Waals surface area contributed by atoms with E-state index in [9.17, 15) is 4.79 Å². The van der Waals surface area contributed by atoms with E-state index >= 15 is 0 Å². The Balaban J connectivity index is 1.25. The van der Waals surface area contributed by atoms with E-state index in [-0.39, 0.29) is 24.4 Å². The fourth-order valence-electron chi connectivity index (χ4n) is 3.78. The van der Waals surface area contributed by atoms with E-state index in [1.165, 1.54) is 6.26 Å². The summed E-state index contributed by atoms with van der Waals surface area (Å²) in [6, 6.07) is 15.3. The van der Waals surface area contributed by atoms with E-state index in [4.69, 9.17) is 20.8 Å². The van der Waals surface area contributed by atoms with Gasteiger partial charge < -0.3 is 14.5 Å². The number of fused-ring (bicyclic) bond motifs is 2. The third kappa shape index (κ3) is 3.62. The number of nitrogens with one attached hydrogen (secondary N) is 1. The zero-order valence-electron chi connectivity index (χ0n) is 16.0. The molecule has 1 N–H and O–H groups in total. The first-order valence-electron chi connectivity index (χ1n) is 9.67. The number of para-hydroxylation sites is 1. The first-order chi connectivity index (χ1) is 14.7. The molecule has 7 heteroatoms. The van der Waals surface area contributed by atoms with Gasteiger partial charge in [0, 0.05) is 16.6 Å². The lowest BCUT2D eigenvalue weighted by Gasteiger charge is -2.12. The van der Waals surface area contributed by atoms with Crippen LogP contribution in [0.15, 0.2) is 65.4 Å². The summed E-state index contributed by atoms with van der Waals surface area (Å²) in [4.78, 5) is 21.2. The Hall–Kier alpha value is -3.38. The van der Waals surface area contributed by atoms with Gasteiger partial charge in [-0.05, 0) is 48.2 Å². The monoisotopic (exact) mass is 419 g/mol. The van der Waals surface area contributed by atoms with Crippen molar-refractivity contribution in [2.75, 3.05) is 0 Å². The van der Waals surface area contributed by atoms with E-state index in [1.807, 2.05) is 48.5 Å². The van der Waals surface area contributed by atoms with Crippen LogP contribution in [0.1, 0.15) is 40.0 Å². The Labute approximate surface area is 177 Å². The molecular formula is C23H18ClN3O3. The maximum Gasteiger partial charge on any atom is 0.307 e. The third-order valence-electron chi connectivity index (χ3n) is 5.21. The fraction of sp³-hybridized carbons (Fsp3) is 0.174. The predicted molar refractivity (Wildman–Crippen MR) is 113 cm³/mol. The first-order valence-corrected chi connectivity index (χ1v) is 10.1. The summed E-state index contributed by atoms with van der Waals surface area (Å²) in [7, 11) is 0. The number of benzene rings is 2. The highest BCUT2D eigenvalue weighted by atomic mass is 35.5. The number of hydrogen-bond donors (Lipinski definition) is 1. The van der Waals surface area contributed by atoms with Crippen LogP contribution in [0.5, 0.6) is 5.75 Å². The van der Waals surface area contributed by atoms with Crippen LogP contribution in [0.3, 0.4) is 0 Å². The summed E-state index contributed by atoms with van der Waals surface area (Å²) in [5, 5.41) is 4.69. The highest BCUT2D eigenvalue weighted by Gasteiger charge is 2.26. The lowest BCUT2D eigenvalue weighted by atomic mass is 10.1. The average Bonchev–Trinajstić information content (AvgIpc) is 3.39. The number of aryl methyl sites for hydroxylation is 1. The van der Waals surface area contributed by atoms with Crippen molar-refractivity contribution in [3.63, 3.8) is 0 Å². The van der Waals surface area contributed by atoms with Crippen LogP contribution in [0.4, 0.5) is 0 Å². The molecule has 1 aliphatic rings. The summed E-state index contributed by atoms with van der Waals surface area (Å²) < 4.78 is 11.2. The van der Waals surface area contributed by atoms with Crippen molar-refractivity contribution < 1.29 is 13.9 Å². The molecule has 6 nitrogen and oxygen atoms in total. The molecule has 2 heterocycles. The summed E-state index contributed by atoms with van der Waals surface area (Å²) in [5.41, 5.74) is 3.57. The Morgan fingerprint density at radius 2 is 2.13 bits per heavy atom. The molecule has 4 aromatic rings. The zero-order chi connectivity index (χ0) is 20.5. The third-order valence-corrected chi connectivity index (χ3v) is 5.44. The molecule has 1 atom stereocenters. The Morgan fingerprint density at radius 3 is 3.07 bits per heavy atom. The second kappa shape index (κ2) is 7.80. The Morgan fingerprint density at radius 1 is 1.23 bits per heavy atom. The van der Waals surface area contributed by atoms with Crippen LogP contribution in [-0.2, 0) is 13.0 Å². The highest BCUT2D eigenvalue weighted by molar-refractivity contribution is 6.30. The SMILES string of the molecule is O=C(NC1CCc2cc(Cl)ccc21)c1nc(COc2cccc3cccnc23)co1. The number of ether oxygens (including phenoxy) is 1. The summed E-state index contributed by atoms with van der Waals surface area (Å²) in [6.45, 7) is 0.178. The highest BCUT2D eigenvalue weighted by Crippen LogP contribution is 2.33. The van der Waals surface area contributed by atoms with Crippen LogP contribution in [-0.4, -0.2) is 15.9 Å². The maximum atomic E-state index is 12.6. The van der Waals surface area contributed by atoms with Crippen molar-refractivity contribution in [2.45, 2.75) is 25.5 Å². The summed E-state index contributed by atoms with van der Waals surface area (Å²) >= 11 is 6.05. The smallest absolute Gasteiger partial charge is 0.307 e. The lowest BCUT2D eigenvalue weighted by molar-refractivity contribution is 0.0901. The van der Waals surface area contributed by atoms with Gasteiger partial charge in [-0.3, -0.25) is 9.78 Å². The van der Waals surface area contributed by atoms with Crippen molar-refractivity contribution in [1.82, 2.24) is 15.3 Å². The molecular weight excluding hydrogens is 402 g/mol. The molecule has 1 unspecified atom stereocenters. The maximum absolute atomic E-state index is 12.6. The molecule has 0 saturated heterocycles. The molecule has 150 valence electrons. The van der Waals surface area contributed by atoms with E-state index in [0.717, 1.165) is 34.9 Å². The molecule has 1 amide bonds. The van der Waals surface area contributed by atoms with Gasteiger partial charge in [0.2, 0.25) is 0 Å². The molecule has 0 saturated carbocycles. The Kier molecular flexibility index (Phi) is 4.85. The molecule has 0 aliphatic heterocycles. The van der Waals surface area contributed by atoms with Crippen LogP contribution in [0, 0.1) is 0 Å². The number of amides is 1. The molecule has 5 rings (SSSR count). The predicted octanol–water partition coefficient (Wildman–Crippen LogP) is 4.87. The fourth-order valence-corrected chi connectivity index (χ4v) is 3.97. The van der Waals surface area contributed by atoms with Gasteiger partial charge in [-0.15, -0.1) is 0 Å². The molecule has 0 spiro atoms. The number of nitrogens with zero attached hydrogens (tertiary/aromatic N) is 2. The summed E-state index contributed by atoms with van der Waals surface area (Å²) in [6.07, 6.45) is 4.87. The van der Waals surface area contributed by atoms with E-state index in [0.29, 0.717) is 16.5 Å². The van der Waals surface area contributed by atoms with Gasteiger partial charge in [-0.25, -0.2) is 4.98 Å². The number of aromatic nitrogens is 2. The molecule has 1 aliphatic carbocycles.